The summed E-state index contributed by atoms with van der Waals surface area (Å²) in [4.78, 5) is 0. The number of nitrogens with one attached hydrogen (secondary N) is 1. The Kier molecular flexibility index (Phi) is 4.80. The van der Waals surface area contributed by atoms with Gasteiger partial charge in [-0.2, -0.15) is 0 Å². The summed E-state index contributed by atoms with van der Waals surface area (Å²) in [6.45, 7) is 0. The lowest BCUT2D eigenvalue weighted by atomic mass is 9.98. The Bertz CT molecular complexity index is 619. The molecular weight excluding hydrogens is 333 g/mol. The molecule has 20 heavy (non-hydrogen) atoms. The van der Waals surface area contributed by atoms with Crippen molar-refractivity contribution in [2.45, 2.75) is 12.5 Å². The Labute approximate surface area is 122 Å². The van der Waals surface area contributed by atoms with Gasteiger partial charge >= 0.3 is 0 Å². The first-order valence-electron chi connectivity index (χ1n) is 5.86. The maximum atomic E-state index is 13.9. The van der Waals surface area contributed by atoms with Crippen LogP contribution >= 0.6 is 15.9 Å². The minimum atomic E-state index is -0.678. The van der Waals surface area contributed by atoms with E-state index in [1.54, 1.807) is 12.1 Å². The summed E-state index contributed by atoms with van der Waals surface area (Å²) in [5.74, 6) is 3.63. The first-order chi connectivity index (χ1) is 9.51. The molecule has 2 aromatic carbocycles. The third kappa shape index (κ3) is 3.39. The summed E-state index contributed by atoms with van der Waals surface area (Å²) in [5.41, 5.74) is 3.03. The Morgan fingerprint density at radius 2 is 1.80 bits per heavy atom. The smallest absolute Gasteiger partial charge is 0.129 e. The highest BCUT2D eigenvalue weighted by molar-refractivity contribution is 9.10. The molecule has 1 unspecified atom stereocenters. The summed E-state index contributed by atoms with van der Waals surface area (Å²) >= 11 is 3.16. The molecule has 2 nitrogen and oxygen atoms in total. The van der Waals surface area contributed by atoms with Gasteiger partial charge in [0.25, 0.3) is 0 Å². The standard InChI is InChI=1S/C14H12BrF3N2/c15-9-2-4-11(13(18)6-9)14(20-19)5-8-1-3-10(16)7-12(8)17/h1-4,6-7,14,20H,5,19H2. The lowest BCUT2D eigenvalue weighted by Gasteiger charge is -2.17. The van der Waals surface area contributed by atoms with Gasteiger partial charge in [-0.1, -0.05) is 28.1 Å². The van der Waals surface area contributed by atoms with Crippen LogP contribution in [0.5, 0.6) is 0 Å². The zero-order valence-electron chi connectivity index (χ0n) is 10.3. The lowest BCUT2D eigenvalue weighted by Crippen LogP contribution is -2.30. The van der Waals surface area contributed by atoms with E-state index in [1.807, 2.05) is 0 Å². The first-order valence-corrected chi connectivity index (χ1v) is 6.65. The second kappa shape index (κ2) is 6.39. The molecular formula is C14H12BrF3N2. The fourth-order valence-electron chi connectivity index (χ4n) is 1.95. The van der Waals surface area contributed by atoms with Gasteiger partial charge in [0.15, 0.2) is 0 Å². The lowest BCUT2D eigenvalue weighted by molar-refractivity contribution is 0.495. The van der Waals surface area contributed by atoms with Crippen molar-refractivity contribution in [1.82, 2.24) is 5.43 Å². The number of halogens is 4. The number of hydrogen-bond donors (Lipinski definition) is 2. The van der Waals surface area contributed by atoms with Gasteiger partial charge < -0.3 is 0 Å². The second-order valence-corrected chi connectivity index (χ2v) is 5.24. The topological polar surface area (TPSA) is 38.0 Å². The molecule has 0 aliphatic carbocycles. The molecule has 0 spiro atoms. The van der Waals surface area contributed by atoms with E-state index < -0.39 is 23.5 Å². The highest BCUT2D eigenvalue weighted by atomic mass is 79.9. The van der Waals surface area contributed by atoms with Gasteiger partial charge in [0.05, 0.1) is 6.04 Å². The minimum absolute atomic E-state index is 0.112. The van der Waals surface area contributed by atoms with Gasteiger partial charge in [-0.3, -0.25) is 11.3 Å². The number of rotatable bonds is 4. The molecule has 0 fully saturated rings. The molecule has 2 aromatic rings. The van der Waals surface area contributed by atoms with Gasteiger partial charge in [0.2, 0.25) is 0 Å². The molecule has 6 heteroatoms. The highest BCUT2D eigenvalue weighted by Gasteiger charge is 2.17. The zero-order chi connectivity index (χ0) is 14.7. The van der Waals surface area contributed by atoms with Crippen molar-refractivity contribution < 1.29 is 13.2 Å². The predicted molar refractivity (Wildman–Crippen MR) is 74.2 cm³/mol. The average Bonchev–Trinajstić information content (AvgIpc) is 2.39. The van der Waals surface area contributed by atoms with Crippen LogP contribution in [0, 0.1) is 17.5 Å². The van der Waals surface area contributed by atoms with Crippen LogP contribution in [0.2, 0.25) is 0 Å². The predicted octanol–water partition coefficient (Wildman–Crippen LogP) is 3.61. The zero-order valence-corrected chi connectivity index (χ0v) is 11.9. The van der Waals surface area contributed by atoms with Crippen LogP contribution in [-0.2, 0) is 6.42 Å². The molecule has 0 bridgehead atoms. The van der Waals surface area contributed by atoms with E-state index in [2.05, 4.69) is 21.4 Å². The van der Waals surface area contributed by atoms with Crippen LogP contribution in [0.15, 0.2) is 40.9 Å². The SMILES string of the molecule is NNC(Cc1ccc(F)cc1F)c1ccc(Br)cc1F. The van der Waals surface area contributed by atoms with E-state index in [0.29, 0.717) is 10.0 Å². The molecule has 0 heterocycles. The number of benzene rings is 2. The minimum Gasteiger partial charge on any atom is -0.271 e. The molecule has 106 valence electrons. The van der Waals surface area contributed by atoms with E-state index in [1.165, 1.54) is 12.1 Å². The number of hydrogen-bond acceptors (Lipinski definition) is 2. The second-order valence-electron chi connectivity index (χ2n) is 4.32. The van der Waals surface area contributed by atoms with Crippen molar-refractivity contribution in [3.05, 3.63) is 69.4 Å². The Balaban J connectivity index is 2.28. The Morgan fingerprint density at radius 3 is 2.40 bits per heavy atom. The van der Waals surface area contributed by atoms with E-state index in [-0.39, 0.29) is 12.0 Å². The summed E-state index contributed by atoms with van der Waals surface area (Å²) in [6.07, 6.45) is 0.112. The molecule has 0 aliphatic rings. The van der Waals surface area contributed by atoms with E-state index >= 15 is 0 Å². The van der Waals surface area contributed by atoms with Crippen molar-refractivity contribution >= 4 is 15.9 Å². The van der Waals surface area contributed by atoms with Crippen LogP contribution in [0.1, 0.15) is 17.2 Å². The molecule has 0 amide bonds. The first kappa shape index (κ1) is 15.0. The summed E-state index contributed by atoms with van der Waals surface area (Å²) in [7, 11) is 0. The third-order valence-electron chi connectivity index (χ3n) is 2.98. The molecule has 0 aromatic heterocycles. The monoisotopic (exact) mass is 344 g/mol. The van der Waals surface area contributed by atoms with Crippen molar-refractivity contribution in [2.24, 2.45) is 5.84 Å². The van der Waals surface area contributed by atoms with Crippen molar-refractivity contribution in [2.75, 3.05) is 0 Å². The van der Waals surface area contributed by atoms with Crippen LogP contribution in [0.25, 0.3) is 0 Å². The van der Waals surface area contributed by atoms with E-state index in [4.69, 9.17) is 5.84 Å². The van der Waals surface area contributed by atoms with Crippen LogP contribution in [-0.4, -0.2) is 0 Å². The van der Waals surface area contributed by atoms with Gasteiger partial charge in [-0.25, -0.2) is 13.2 Å². The van der Waals surface area contributed by atoms with Crippen LogP contribution in [0.4, 0.5) is 13.2 Å². The van der Waals surface area contributed by atoms with E-state index in [9.17, 15) is 13.2 Å². The number of hydrazine groups is 1. The molecule has 0 aliphatic heterocycles. The largest absolute Gasteiger partial charge is 0.271 e. The normalized spacial score (nSPS) is 12.4. The van der Waals surface area contributed by atoms with Gasteiger partial charge in [0.1, 0.15) is 17.5 Å². The van der Waals surface area contributed by atoms with Crippen molar-refractivity contribution in [3.63, 3.8) is 0 Å². The summed E-state index contributed by atoms with van der Waals surface area (Å²) in [6, 6.07) is 7.20. The van der Waals surface area contributed by atoms with Crippen molar-refractivity contribution in [3.8, 4) is 0 Å². The fourth-order valence-corrected chi connectivity index (χ4v) is 2.28. The van der Waals surface area contributed by atoms with Gasteiger partial charge in [-0.15, -0.1) is 0 Å². The third-order valence-corrected chi connectivity index (χ3v) is 3.47. The molecule has 0 saturated heterocycles. The number of nitrogens with two attached hydrogens (primary N) is 1. The quantitative estimate of drug-likeness (QED) is 0.656. The highest BCUT2D eigenvalue weighted by Crippen LogP contribution is 2.24. The maximum absolute atomic E-state index is 13.9. The van der Waals surface area contributed by atoms with Crippen LogP contribution in [0.3, 0.4) is 0 Å². The fraction of sp³-hybridized carbons (Fsp3) is 0.143. The van der Waals surface area contributed by atoms with Gasteiger partial charge in [0, 0.05) is 16.1 Å². The average molecular weight is 345 g/mol. The molecule has 0 radical (unpaired) electrons. The maximum Gasteiger partial charge on any atom is 0.129 e. The van der Waals surface area contributed by atoms with E-state index in [0.717, 1.165) is 12.1 Å². The van der Waals surface area contributed by atoms with Crippen molar-refractivity contribution in [1.29, 1.82) is 0 Å². The molecule has 1 atom stereocenters. The Morgan fingerprint density at radius 1 is 1.05 bits per heavy atom. The summed E-state index contributed by atoms with van der Waals surface area (Å²) < 4.78 is 40.9. The molecule has 2 rings (SSSR count). The Hall–Kier alpha value is -1.37. The van der Waals surface area contributed by atoms with Gasteiger partial charge in [-0.05, 0) is 30.2 Å². The molecule has 0 saturated carbocycles. The van der Waals surface area contributed by atoms with Crippen LogP contribution < -0.4 is 11.3 Å². The summed E-state index contributed by atoms with van der Waals surface area (Å²) in [5, 5.41) is 0. The molecule has 3 N–H and O–H groups in total.